The Labute approximate surface area is 97.1 Å². The molecule has 1 unspecified atom stereocenters. The molecule has 1 aromatic carbocycles. The van der Waals surface area contributed by atoms with Crippen molar-refractivity contribution in [2.75, 3.05) is 11.9 Å². The van der Waals surface area contributed by atoms with Gasteiger partial charge < -0.3 is 5.32 Å². The van der Waals surface area contributed by atoms with Crippen molar-refractivity contribution in [3.63, 3.8) is 0 Å². The normalized spacial score (nSPS) is 15.6. The van der Waals surface area contributed by atoms with Crippen LogP contribution in [0.3, 0.4) is 0 Å². The van der Waals surface area contributed by atoms with Gasteiger partial charge in [-0.1, -0.05) is 44.4 Å². The highest BCUT2D eigenvalue weighted by atomic mass is 19.1. The molecule has 1 aliphatic heterocycles. The van der Waals surface area contributed by atoms with Gasteiger partial charge in [0, 0.05) is 17.8 Å². The molecule has 1 aromatic rings. The molecule has 0 aliphatic carbocycles. The number of anilines is 1. The van der Waals surface area contributed by atoms with E-state index < -0.39 is 6.17 Å². The highest BCUT2D eigenvalue weighted by Crippen LogP contribution is 2.34. The summed E-state index contributed by atoms with van der Waals surface area (Å²) >= 11 is 0. The molecule has 0 saturated heterocycles. The van der Waals surface area contributed by atoms with Crippen molar-refractivity contribution in [1.82, 2.24) is 0 Å². The Morgan fingerprint density at radius 1 is 1.38 bits per heavy atom. The second-order valence-corrected chi connectivity index (χ2v) is 4.52. The summed E-state index contributed by atoms with van der Waals surface area (Å²) in [7, 11) is 0. The Morgan fingerprint density at radius 2 is 2.25 bits per heavy atom. The van der Waals surface area contributed by atoms with Gasteiger partial charge in [0.05, 0.1) is 0 Å². The van der Waals surface area contributed by atoms with E-state index in [1.54, 1.807) is 0 Å². The summed E-state index contributed by atoms with van der Waals surface area (Å²) in [6.07, 6.45) is 4.16. The van der Waals surface area contributed by atoms with Gasteiger partial charge in [-0.15, -0.1) is 0 Å². The summed E-state index contributed by atoms with van der Waals surface area (Å²) < 4.78 is 14.1. The Kier molecular flexibility index (Phi) is 3.81. The first-order chi connectivity index (χ1) is 7.83. The van der Waals surface area contributed by atoms with E-state index in [2.05, 4.69) is 18.3 Å². The van der Waals surface area contributed by atoms with E-state index in [0.717, 1.165) is 43.5 Å². The van der Waals surface area contributed by atoms with E-state index in [4.69, 9.17) is 0 Å². The van der Waals surface area contributed by atoms with Crippen molar-refractivity contribution in [3.05, 3.63) is 29.3 Å². The van der Waals surface area contributed by atoms with Crippen LogP contribution >= 0.6 is 0 Å². The van der Waals surface area contributed by atoms with Gasteiger partial charge in [0.15, 0.2) is 0 Å². The molecule has 0 radical (unpaired) electrons. The molecule has 1 nitrogen and oxygen atoms in total. The van der Waals surface area contributed by atoms with E-state index in [9.17, 15) is 4.39 Å². The van der Waals surface area contributed by atoms with Gasteiger partial charge >= 0.3 is 0 Å². The number of alkyl halides is 1. The Balaban J connectivity index is 2.05. The van der Waals surface area contributed by atoms with Crippen LogP contribution in [0.15, 0.2) is 18.2 Å². The van der Waals surface area contributed by atoms with E-state index in [0.29, 0.717) is 6.42 Å². The second kappa shape index (κ2) is 5.33. The minimum Gasteiger partial charge on any atom is -0.384 e. The lowest BCUT2D eigenvalue weighted by Crippen LogP contribution is -1.99. The van der Waals surface area contributed by atoms with Crippen molar-refractivity contribution in [1.29, 1.82) is 0 Å². The van der Waals surface area contributed by atoms with Crippen molar-refractivity contribution < 1.29 is 4.39 Å². The van der Waals surface area contributed by atoms with E-state index in [1.807, 2.05) is 12.1 Å². The van der Waals surface area contributed by atoms with Gasteiger partial charge in [-0.05, 0) is 18.4 Å². The van der Waals surface area contributed by atoms with Crippen molar-refractivity contribution in [2.24, 2.45) is 0 Å². The molecule has 1 atom stereocenters. The summed E-state index contributed by atoms with van der Waals surface area (Å²) in [5.74, 6) is 0. The van der Waals surface area contributed by atoms with Gasteiger partial charge in [0.1, 0.15) is 6.17 Å². The van der Waals surface area contributed by atoms with Crippen LogP contribution in [-0.2, 0) is 6.42 Å². The quantitative estimate of drug-likeness (QED) is 0.733. The van der Waals surface area contributed by atoms with Gasteiger partial charge in [0.25, 0.3) is 0 Å². The molecule has 16 heavy (non-hydrogen) atoms. The van der Waals surface area contributed by atoms with Gasteiger partial charge in [0.2, 0.25) is 0 Å². The Morgan fingerprint density at radius 3 is 3.06 bits per heavy atom. The molecule has 2 rings (SSSR count). The van der Waals surface area contributed by atoms with Crippen LogP contribution in [0.5, 0.6) is 0 Å². The molecule has 0 fully saturated rings. The molecular weight excluding hydrogens is 201 g/mol. The molecule has 0 spiro atoms. The number of benzene rings is 1. The lowest BCUT2D eigenvalue weighted by Gasteiger charge is -2.13. The zero-order valence-corrected chi connectivity index (χ0v) is 9.93. The van der Waals surface area contributed by atoms with E-state index in [-0.39, 0.29) is 0 Å². The molecule has 1 heterocycles. The average Bonchev–Trinajstić information content (AvgIpc) is 2.76. The van der Waals surface area contributed by atoms with Gasteiger partial charge in [-0.3, -0.25) is 0 Å². The fourth-order valence-electron chi connectivity index (χ4n) is 2.36. The van der Waals surface area contributed by atoms with Crippen LogP contribution in [0.2, 0.25) is 0 Å². The Hall–Kier alpha value is -1.05. The van der Waals surface area contributed by atoms with Crippen molar-refractivity contribution in [2.45, 2.75) is 45.2 Å². The monoisotopic (exact) mass is 221 g/mol. The molecule has 2 heteroatoms. The fraction of sp³-hybridized carbons (Fsp3) is 0.571. The van der Waals surface area contributed by atoms with Crippen molar-refractivity contribution in [3.8, 4) is 0 Å². The Bertz CT molecular complexity index is 349. The number of hydrogen-bond acceptors (Lipinski definition) is 1. The molecular formula is C14H20FN. The van der Waals surface area contributed by atoms with E-state index >= 15 is 0 Å². The molecule has 0 bridgehead atoms. The third kappa shape index (κ3) is 2.37. The highest BCUT2D eigenvalue weighted by Gasteiger charge is 2.19. The summed E-state index contributed by atoms with van der Waals surface area (Å²) in [4.78, 5) is 0. The molecule has 0 amide bonds. The minimum absolute atomic E-state index is 0.659. The zero-order valence-electron chi connectivity index (χ0n) is 9.93. The van der Waals surface area contributed by atoms with Crippen LogP contribution in [-0.4, -0.2) is 6.54 Å². The maximum Gasteiger partial charge on any atom is 0.127 e. The lowest BCUT2D eigenvalue weighted by atomic mass is 10.00. The minimum atomic E-state index is -0.799. The first kappa shape index (κ1) is 11.4. The third-order valence-corrected chi connectivity index (χ3v) is 3.28. The zero-order chi connectivity index (χ0) is 11.4. The first-order valence-corrected chi connectivity index (χ1v) is 6.32. The molecule has 0 aromatic heterocycles. The van der Waals surface area contributed by atoms with Gasteiger partial charge in [-0.2, -0.15) is 0 Å². The fourth-order valence-corrected chi connectivity index (χ4v) is 2.36. The molecule has 88 valence electrons. The molecule has 0 saturated carbocycles. The van der Waals surface area contributed by atoms with Crippen LogP contribution in [0.4, 0.5) is 10.1 Å². The number of nitrogens with one attached hydrogen (secondary N) is 1. The van der Waals surface area contributed by atoms with E-state index in [1.165, 1.54) is 5.56 Å². The summed E-state index contributed by atoms with van der Waals surface area (Å²) in [6, 6.07) is 6.00. The maximum absolute atomic E-state index is 14.1. The smallest absolute Gasteiger partial charge is 0.127 e. The van der Waals surface area contributed by atoms with Crippen LogP contribution in [0, 0.1) is 0 Å². The number of hydrogen-bond donors (Lipinski definition) is 1. The number of unbranched alkanes of at least 4 members (excludes halogenated alkanes) is 2. The van der Waals surface area contributed by atoms with Crippen LogP contribution < -0.4 is 5.32 Å². The summed E-state index contributed by atoms with van der Waals surface area (Å²) in [6.45, 7) is 3.10. The number of rotatable bonds is 5. The number of halogens is 1. The number of fused-ring (bicyclic) bond motifs is 1. The van der Waals surface area contributed by atoms with Crippen LogP contribution in [0.1, 0.15) is 49.9 Å². The topological polar surface area (TPSA) is 12.0 Å². The summed E-state index contributed by atoms with van der Waals surface area (Å²) in [5.41, 5.74) is 3.20. The van der Waals surface area contributed by atoms with Gasteiger partial charge in [-0.25, -0.2) is 4.39 Å². The second-order valence-electron chi connectivity index (χ2n) is 4.52. The molecule has 1 N–H and O–H groups in total. The average molecular weight is 221 g/mol. The van der Waals surface area contributed by atoms with Crippen LogP contribution in [0.25, 0.3) is 0 Å². The maximum atomic E-state index is 14.1. The number of para-hydroxylation sites is 1. The first-order valence-electron chi connectivity index (χ1n) is 6.32. The predicted molar refractivity (Wildman–Crippen MR) is 66.6 cm³/mol. The highest BCUT2D eigenvalue weighted by molar-refractivity contribution is 5.61. The third-order valence-electron chi connectivity index (χ3n) is 3.28. The largest absolute Gasteiger partial charge is 0.384 e. The lowest BCUT2D eigenvalue weighted by molar-refractivity contribution is 0.314. The predicted octanol–water partition coefficient (Wildman–Crippen LogP) is 4.25. The SMILES string of the molecule is CCCCCC(F)c1cccc2c1NCC2. The van der Waals surface area contributed by atoms with Crippen molar-refractivity contribution >= 4 is 5.69 Å². The summed E-state index contributed by atoms with van der Waals surface area (Å²) in [5, 5.41) is 3.30. The standard InChI is InChI=1S/C14H20FN/c1-2-3-4-8-13(15)12-7-5-6-11-9-10-16-14(11)12/h5-7,13,16H,2-4,8-10H2,1H3. The molecule has 1 aliphatic rings.